The molecule has 4 aromatic rings. The van der Waals surface area contributed by atoms with E-state index in [1.165, 1.54) is 6.07 Å². The normalized spacial score (nSPS) is 12.4. The second-order valence-corrected chi connectivity index (χ2v) is 9.10. The summed E-state index contributed by atoms with van der Waals surface area (Å²) >= 11 is 3.17. The van der Waals surface area contributed by atoms with Gasteiger partial charge in [-0.3, -0.25) is 4.79 Å². The average molecular weight is 445 g/mol. The molecule has 1 aliphatic heterocycles. The molecule has 0 aliphatic carbocycles. The second-order valence-electron chi connectivity index (χ2n) is 6.98. The first-order chi connectivity index (χ1) is 15.2. The Kier molecular flexibility index (Phi) is 5.40. The molecule has 0 radical (unpaired) electrons. The Morgan fingerprint density at radius 3 is 2.52 bits per heavy atom. The molecule has 5 rings (SSSR count). The average Bonchev–Trinajstić information content (AvgIpc) is 3.26. The molecule has 6 heteroatoms. The second kappa shape index (κ2) is 8.49. The molecule has 3 aromatic carbocycles. The van der Waals surface area contributed by atoms with Crippen LogP contribution in [-0.4, -0.2) is 11.6 Å². The highest BCUT2D eigenvalue weighted by Gasteiger charge is 2.21. The van der Waals surface area contributed by atoms with E-state index < -0.39 is 0 Å². The van der Waals surface area contributed by atoms with Crippen LogP contribution >= 0.6 is 23.1 Å². The van der Waals surface area contributed by atoms with Crippen LogP contribution in [0.5, 0.6) is 0 Å². The predicted molar refractivity (Wildman–Crippen MR) is 124 cm³/mol. The van der Waals surface area contributed by atoms with Crippen LogP contribution in [0.4, 0.5) is 10.1 Å². The molecule has 1 aliphatic rings. The molecule has 0 saturated heterocycles. The number of nitrogens with one attached hydrogen (secondary N) is 1. The van der Waals surface area contributed by atoms with E-state index >= 15 is 0 Å². The number of hydrogen-bond acceptors (Lipinski definition) is 4. The maximum Gasteiger partial charge on any atom is 0.251 e. The Morgan fingerprint density at radius 1 is 0.903 bits per heavy atom. The van der Waals surface area contributed by atoms with Gasteiger partial charge in [-0.2, -0.15) is 0 Å². The summed E-state index contributed by atoms with van der Waals surface area (Å²) in [4.78, 5) is 20.6. The fourth-order valence-corrected chi connectivity index (χ4v) is 5.07. The zero-order valence-electron chi connectivity index (χ0n) is 16.3. The molecule has 0 fully saturated rings. The zero-order chi connectivity index (χ0) is 21.2. The van der Waals surface area contributed by atoms with Crippen LogP contribution < -0.4 is 5.32 Å². The first kappa shape index (κ1) is 19.7. The van der Waals surface area contributed by atoms with Crippen molar-refractivity contribution >= 4 is 40.4 Å². The summed E-state index contributed by atoms with van der Waals surface area (Å²) in [6.45, 7) is 0.484. The number of nitrogens with zero attached hydrogens (tertiary/aromatic N) is 1. The van der Waals surface area contributed by atoms with E-state index in [1.54, 1.807) is 47.4 Å². The van der Waals surface area contributed by atoms with Gasteiger partial charge in [-0.1, -0.05) is 48.2 Å². The van der Waals surface area contributed by atoms with Gasteiger partial charge < -0.3 is 5.32 Å². The first-order valence-electron chi connectivity index (χ1n) is 9.74. The summed E-state index contributed by atoms with van der Waals surface area (Å²) in [7, 11) is 0. The van der Waals surface area contributed by atoms with Crippen LogP contribution in [0.25, 0.3) is 0 Å². The summed E-state index contributed by atoms with van der Waals surface area (Å²) < 4.78 is 14.7. The van der Waals surface area contributed by atoms with E-state index in [0.717, 1.165) is 20.2 Å². The number of carbonyl (C=O) groups is 1. The third-order valence-electron chi connectivity index (χ3n) is 4.95. The van der Waals surface area contributed by atoms with Gasteiger partial charge in [-0.25, -0.2) is 9.38 Å². The van der Waals surface area contributed by atoms with Gasteiger partial charge in [0.15, 0.2) is 0 Å². The minimum absolute atomic E-state index is 0.161. The molecule has 0 spiro atoms. The predicted octanol–water partition coefficient (Wildman–Crippen LogP) is 6.45. The number of carbonyl (C=O) groups excluding carboxylic acids is 1. The number of aliphatic imine (C=N–C) groups is 1. The van der Waals surface area contributed by atoms with Crippen LogP contribution in [0.1, 0.15) is 26.4 Å². The highest BCUT2D eigenvalue weighted by molar-refractivity contribution is 7.99. The Hall–Kier alpha value is -3.22. The summed E-state index contributed by atoms with van der Waals surface area (Å²) in [6, 6.07) is 23.9. The smallest absolute Gasteiger partial charge is 0.251 e. The number of amides is 1. The summed E-state index contributed by atoms with van der Waals surface area (Å²) in [6.07, 6.45) is 0. The SMILES string of the molecule is O=C(NCc1cccs1)c1ccc2c(c1)N=C(c1ccccc1F)c1ccccc1S2. The monoisotopic (exact) mass is 444 g/mol. The van der Waals surface area contributed by atoms with E-state index in [1.807, 2.05) is 53.9 Å². The zero-order valence-corrected chi connectivity index (χ0v) is 18.0. The standard InChI is InChI=1S/C25H17FN2OS2/c26-20-9-3-1-7-18(20)24-19-8-2-4-10-22(19)31-23-12-11-16(14-21(23)28-24)25(29)27-15-17-6-5-13-30-17/h1-14H,15H2,(H,27,29). The Balaban J connectivity index is 1.56. The van der Waals surface area contributed by atoms with E-state index in [0.29, 0.717) is 29.1 Å². The number of benzene rings is 3. The summed E-state index contributed by atoms with van der Waals surface area (Å²) in [5.74, 6) is -0.486. The van der Waals surface area contributed by atoms with E-state index in [4.69, 9.17) is 4.99 Å². The Bertz CT molecular complexity index is 1300. The quantitative estimate of drug-likeness (QED) is 0.346. The lowest BCUT2D eigenvalue weighted by atomic mass is 10.0. The van der Waals surface area contributed by atoms with Crippen molar-refractivity contribution in [1.82, 2.24) is 5.32 Å². The molecule has 0 saturated carbocycles. The van der Waals surface area contributed by atoms with E-state index in [2.05, 4.69) is 5.32 Å². The number of rotatable bonds is 4. The van der Waals surface area contributed by atoms with Crippen LogP contribution in [0.3, 0.4) is 0 Å². The Labute approximate surface area is 187 Å². The molecular formula is C25H17FN2OS2. The van der Waals surface area contributed by atoms with Crippen LogP contribution in [0.15, 0.2) is 99.0 Å². The molecule has 31 heavy (non-hydrogen) atoms. The topological polar surface area (TPSA) is 41.5 Å². The largest absolute Gasteiger partial charge is 0.347 e. The molecule has 0 bridgehead atoms. The first-order valence-corrected chi connectivity index (χ1v) is 11.4. The summed E-state index contributed by atoms with van der Waals surface area (Å²) in [5.41, 5.74) is 3.06. The van der Waals surface area contributed by atoms with E-state index in [9.17, 15) is 9.18 Å². The van der Waals surface area contributed by atoms with Gasteiger partial charge in [0.2, 0.25) is 0 Å². The fourth-order valence-electron chi connectivity index (χ4n) is 3.42. The molecule has 2 heterocycles. The number of halogens is 1. The van der Waals surface area contributed by atoms with Gasteiger partial charge in [0.05, 0.1) is 17.9 Å². The fraction of sp³-hybridized carbons (Fsp3) is 0.0400. The molecule has 3 nitrogen and oxygen atoms in total. The van der Waals surface area contributed by atoms with Gasteiger partial charge in [-0.05, 0) is 47.8 Å². The van der Waals surface area contributed by atoms with Crippen molar-refractivity contribution in [3.05, 3.63) is 112 Å². The van der Waals surface area contributed by atoms with Crippen molar-refractivity contribution in [3.63, 3.8) is 0 Å². The number of fused-ring (bicyclic) bond motifs is 2. The molecule has 1 aromatic heterocycles. The van der Waals surface area contributed by atoms with Crippen LogP contribution in [-0.2, 0) is 6.54 Å². The van der Waals surface area contributed by atoms with Crippen molar-refractivity contribution in [2.75, 3.05) is 0 Å². The highest BCUT2D eigenvalue weighted by atomic mass is 32.2. The van der Waals surface area contributed by atoms with Crippen molar-refractivity contribution in [2.45, 2.75) is 16.3 Å². The number of thiophene rings is 1. The lowest BCUT2D eigenvalue weighted by molar-refractivity contribution is 0.0951. The molecule has 152 valence electrons. The van der Waals surface area contributed by atoms with Crippen molar-refractivity contribution in [1.29, 1.82) is 0 Å². The van der Waals surface area contributed by atoms with Crippen molar-refractivity contribution < 1.29 is 9.18 Å². The Morgan fingerprint density at radius 2 is 1.71 bits per heavy atom. The molecule has 1 N–H and O–H groups in total. The maximum atomic E-state index is 14.7. The molecular weight excluding hydrogens is 427 g/mol. The van der Waals surface area contributed by atoms with Crippen molar-refractivity contribution in [3.8, 4) is 0 Å². The highest BCUT2D eigenvalue weighted by Crippen LogP contribution is 2.41. The van der Waals surface area contributed by atoms with Gasteiger partial charge in [0, 0.05) is 31.4 Å². The van der Waals surface area contributed by atoms with Gasteiger partial charge >= 0.3 is 0 Å². The minimum Gasteiger partial charge on any atom is -0.347 e. The lowest BCUT2D eigenvalue weighted by Gasteiger charge is -2.09. The van der Waals surface area contributed by atoms with Crippen LogP contribution in [0, 0.1) is 5.82 Å². The molecule has 0 atom stereocenters. The maximum absolute atomic E-state index is 14.7. The molecule has 1 amide bonds. The van der Waals surface area contributed by atoms with E-state index in [-0.39, 0.29) is 11.7 Å². The van der Waals surface area contributed by atoms with Gasteiger partial charge in [0.25, 0.3) is 5.91 Å². The third-order valence-corrected chi connectivity index (χ3v) is 6.97. The third kappa shape index (κ3) is 4.04. The summed E-state index contributed by atoms with van der Waals surface area (Å²) in [5, 5.41) is 4.93. The van der Waals surface area contributed by atoms with Crippen LogP contribution in [0.2, 0.25) is 0 Å². The lowest BCUT2D eigenvalue weighted by Crippen LogP contribution is -2.22. The molecule has 0 unspecified atom stereocenters. The minimum atomic E-state index is -0.325. The van der Waals surface area contributed by atoms with Gasteiger partial charge in [0.1, 0.15) is 5.82 Å². The van der Waals surface area contributed by atoms with Crippen molar-refractivity contribution in [2.24, 2.45) is 4.99 Å². The van der Waals surface area contributed by atoms with Gasteiger partial charge in [-0.15, -0.1) is 11.3 Å². The number of hydrogen-bond donors (Lipinski definition) is 1.